The van der Waals surface area contributed by atoms with Crippen LogP contribution in [0.2, 0.25) is 0 Å². The van der Waals surface area contributed by atoms with Gasteiger partial charge in [-0.3, -0.25) is 14.8 Å². The zero-order chi connectivity index (χ0) is 20.6. The average molecular weight is 389 g/mol. The van der Waals surface area contributed by atoms with Crippen molar-refractivity contribution in [3.63, 3.8) is 0 Å². The van der Waals surface area contributed by atoms with Crippen LogP contribution in [0.25, 0.3) is 0 Å². The minimum Gasteiger partial charge on any atom is -0.481 e. The summed E-state index contributed by atoms with van der Waals surface area (Å²) in [6, 6.07) is 5.81. The molecule has 2 amide bonds. The van der Waals surface area contributed by atoms with Gasteiger partial charge in [0.1, 0.15) is 0 Å². The lowest BCUT2D eigenvalue weighted by molar-refractivity contribution is -0.129. The van der Waals surface area contributed by atoms with E-state index in [0.29, 0.717) is 25.9 Å². The first-order chi connectivity index (χ1) is 13.4. The Labute approximate surface area is 166 Å². The summed E-state index contributed by atoms with van der Waals surface area (Å²) in [5.41, 5.74) is 4.30. The van der Waals surface area contributed by atoms with Crippen LogP contribution in [-0.4, -0.2) is 29.5 Å². The van der Waals surface area contributed by atoms with E-state index < -0.39 is 0 Å². The number of benzene rings is 1. The Kier molecular flexibility index (Phi) is 7.99. The summed E-state index contributed by atoms with van der Waals surface area (Å²) in [6.45, 7) is 6.87. The standard InChI is InChI=1S/C21H31N3O4/c1-4-28-20-14-21(2,3)16-13-15(11-12-17(16)23-20)22-18(25)9-7-5-6-8-10-19(26)24-27/h11-13,27H,4-10,14H2,1-3H3,(H,22,25)(H,24,26). The number of anilines is 1. The van der Waals surface area contributed by atoms with E-state index in [1.165, 1.54) is 0 Å². The second-order valence-electron chi connectivity index (χ2n) is 7.73. The molecule has 1 aromatic carbocycles. The van der Waals surface area contributed by atoms with Crippen LogP contribution in [0, 0.1) is 0 Å². The summed E-state index contributed by atoms with van der Waals surface area (Å²) in [5.74, 6) is 0.374. The summed E-state index contributed by atoms with van der Waals surface area (Å²) in [6.07, 6.45) is 4.69. The van der Waals surface area contributed by atoms with Gasteiger partial charge in [0.15, 0.2) is 5.90 Å². The largest absolute Gasteiger partial charge is 0.481 e. The van der Waals surface area contributed by atoms with Crippen molar-refractivity contribution >= 4 is 29.1 Å². The molecule has 28 heavy (non-hydrogen) atoms. The molecule has 0 atom stereocenters. The van der Waals surface area contributed by atoms with Crippen molar-refractivity contribution in [3.05, 3.63) is 23.8 Å². The molecule has 0 saturated carbocycles. The Morgan fingerprint density at radius 1 is 1.14 bits per heavy atom. The monoisotopic (exact) mass is 389 g/mol. The van der Waals surface area contributed by atoms with Gasteiger partial charge in [-0.1, -0.05) is 26.7 Å². The second kappa shape index (κ2) is 10.2. The molecule has 0 aromatic heterocycles. The highest BCUT2D eigenvalue weighted by Gasteiger charge is 2.31. The Hall–Kier alpha value is -2.41. The zero-order valence-electron chi connectivity index (χ0n) is 17.0. The van der Waals surface area contributed by atoms with Crippen molar-refractivity contribution in [1.29, 1.82) is 0 Å². The molecule has 1 aliphatic rings. The highest BCUT2D eigenvalue weighted by atomic mass is 16.5. The van der Waals surface area contributed by atoms with Crippen molar-refractivity contribution < 1.29 is 19.5 Å². The second-order valence-corrected chi connectivity index (χ2v) is 7.73. The van der Waals surface area contributed by atoms with E-state index in [2.05, 4.69) is 24.2 Å². The first-order valence-corrected chi connectivity index (χ1v) is 9.93. The topological polar surface area (TPSA) is 100 Å². The number of hydrogen-bond acceptors (Lipinski definition) is 5. The van der Waals surface area contributed by atoms with Crippen LogP contribution in [0.3, 0.4) is 0 Å². The Balaban J connectivity index is 1.85. The SMILES string of the molecule is CCOC1=Nc2ccc(NC(=O)CCCCCCC(=O)NO)cc2C(C)(C)C1. The number of amides is 2. The van der Waals surface area contributed by atoms with Gasteiger partial charge in [-0.25, -0.2) is 10.5 Å². The fraction of sp³-hybridized carbons (Fsp3) is 0.571. The number of rotatable bonds is 9. The van der Waals surface area contributed by atoms with E-state index in [1.54, 1.807) is 5.48 Å². The Morgan fingerprint density at radius 3 is 2.46 bits per heavy atom. The zero-order valence-corrected chi connectivity index (χ0v) is 17.0. The predicted octanol–water partition coefficient (Wildman–Crippen LogP) is 4.22. The van der Waals surface area contributed by atoms with Gasteiger partial charge < -0.3 is 10.1 Å². The number of carbonyl (C=O) groups excluding carboxylic acids is 2. The lowest BCUT2D eigenvalue weighted by Crippen LogP contribution is -2.27. The fourth-order valence-electron chi connectivity index (χ4n) is 3.35. The molecule has 3 N–H and O–H groups in total. The van der Waals surface area contributed by atoms with Crippen molar-refractivity contribution in [3.8, 4) is 0 Å². The van der Waals surface area contributed by atoms with Crippen molar-refractivity contribution in [2.24, 2.45) is 4.99 Å². The number of aliphatic imine (C=N–C) groups is 1. The molecule has 7 heteroatoms. The minimum atomic E-state index is -0.370. The quantitative estimate of drug-likeness (QED) is 0.334. The summed E-state index contributed by atoms with van der Waals surface area (Å²) in [5, 5.41) is 11.4. The number of carbonyl (C=O) groups is 2. The van der Waals surface area contributed by atoms with Crippen LogP contribution in [0.15, 0.2) is 23.2 Å². The van der Waals surface area contributed by atoms with Crippen LogP contribution in [-0.2, 0) is 19.7 Å². The third-order valence-electron chi connectivity index (χ3n) is 4.84. The summed E-state index contributed by atoms with van der Waals surface area (Å²) in [4.78, 5) is 27.7. The number of nitrogens with one attached hydrogen (secondary N) is 2. The van der Waals surface area contributed by atoms with Gasteiger partial charge in [-0.15, -0.1) is 0 Å². The highest BCUT2D eigenvalue weighted by molar-refractivity contribution is 5.92. The molecule has 0 aliphatic carbocycles. The molecule has 0 fully saturated rings. The lowest BCUT2D eigenvalue weighted by Gasteiger charge is -2.31. The normalized spacial score (nSPS) is 14.6. The maximum atomic E-state index is 12.2. The van der Waals surface area contributed by atoms with Gasteiger partial charge in [0.2, 0.25) is 11.8 Å². The summed E-state index contributed by atoms with van der Waals surface area (Å²) >= 11 is 0. The Morgan fingerprint density at radius 2 is 1.82 bits per heavy atom. The molecule has 1 aromatic rings. The minimum absolute atomic E-state index is 0.0137. The maximum Gasteiger partial charge on any atom is 0.243 e. The fourth-order valence-corrected chi connectivity index (χ4v) is 3.35. The summed E-state index contributed by atoms with van der Waals surface area (Å²) in [7, 11) is 0. The number of hydrogen-bond donors (Lipinski definition) is 3. The van der Waals surface area contributed by atoms with E-state index in [1.807, 2.05) is 25.1 Å². The molecule has 0 spiro atoms. The van der Waals surface area contributed by atoms with E-state index >= 15 is 0 Å². The predicted molar refractivity (Wildman–Crippen MR) is 109 cm³/mol. The first kappa shape index (κ1) is 21.9. The average Bonchev–Trinajstić information content (AvgIpc) is 2.64. The van der Waals surface area contributed by atoms with Crippen LogP contribution < -0.4 is 10.8 Å². The maximum absolute atomic E-state index is 12.2. The van der Waals surface area contributed by atoms with E-state index in [0.717, 1.165) is 48.5 Å². The van der Waals surface area contributed by atoms with Gasteiger partial charge in [0.05, 0.1) is 12.3 Å². The molecule has 154 valence electrons. The van der Waals surface area contributed by atoms with E-state index in [4.69, 9.17) is 9.94 Å². The van der Waals surface area contributed by atoms with Crippen LogP contribution in [0.1, 0.15) is 71.3 Å². The number of unbranched alkanes of at least 4 members (excludes halogenated alkanes) is 3. The number of hydroxylamine groups is 1. The number of nitrogens with zero attached hydrogens (tertiary/aromatic N) is 1. The summed E-state index contributed by atoms with van der Waals surface area (Å²) < 4.78 is 5.61. The molecule has 1 aliphatic heterocycles. The van der Waals surface area contributed by atoms with Gasteiger partial charge in [0, 0.05) is 30.4 Å². The molecule has 0 saturated heterocycles. The Bertz CT molecular complexity index is 728. The van der Waals surface area contributed by atoms with Gasteiger partial charge >= 0.3 is 0 Å². The first-order valence-electron chi connectivity index (χ1n) is 9.93. The van der Waals surface area contributed by atoms with E-state index in [9.17, 15) is 9.59 Å². The molecule has 0 bridgehead atoms. The van der Waals surface area contributed by atoms with Crippen molar-refractivity contribution in [2.75, 3.05) is 11.9 Å². The number of ether oxygens (including phenoxy) is 1. The van der Waals surface area contributed by atoms with Gasteiger partial charge in [-0.2, -0.15) is 0 Å². The smallest absolute Gasteiger partial charge is 0.243 e. The van der Waals surface area contributed by atoms with Gasteiger partial charge in [0.25, 0.3) is 0 Å². The third kappa shape index (κ3) is 6.34. The molecule has 7 nitrogen and oxygen atoms in total. The van der Waals surface area contributed by atoms with Crippen LogP contribution in [0.5, 0.6) is 0 Å². The van der Waals surface area contributed by atoms with Crippen molar-refractivity contribution in [2.45, 2.75) is 71.1 Å². The third-order valence-corrected chi connectivity index (χ3v) is 4.84. The van der Waals surface area contributed by atoms with E-state index in [-0.39, 0.29) is 17.2 Å². The van der Waals surface area contributed by atoms with Crippen LogP contribution >= 0.6 is 0 Å². The molecular weight excluding hydrogens is 358 g/mol. The molecular formula is C21H31N3O4. The molecule has 1 heterocycles. The lowest BCUT2D eigenvalue weighted by atomic mass is 9.78. The molecule has 2 rings (SSSR count). The highest BCUT2D eigenvalue weighted by Crippen LogP contribution is 2.40. The number of fused-ring (bicyclic) bond motifs is 1. The van der Waals surface area contributed by atoms with Gasteiger partial charge in [-0.05, 0) is 43.5 Å². The van der Waals surface area contributed by atoms with Crippen LogP contribution in [0.4, 0.5) is 11.4 Å². The molecule has 0 radical (unpaired) electrons. The van der Waals surface area contributed by atoms with Crippen molar-refractivity contribution in [1.82, 2.24) is 5.48 Å². The molecule has 0 unspecified atom stereocenters.